The highest BCUT2D eigenvalue weighted by Crippen LogP contribution is 2.23. The van der Waals surface area contributed by atoms with Gasteiger partial charge in [-0.05, 0) is 43.7 Å². The zero-order valence-electron chi connectivity index (χ0n) is 13.2. The number of nitrogens with zero attached hydrogens (tertiary/aromatic N) is 1. The van der Waals surface area contributed by atoms with Crippen LogP contribution in [-0.2, 0) is 19.9 Å². The molecular weight excluding hydrogens is 360 g/mol. The van der Waals surface area contributed by atoms with Crippen molar-refractivity contribution in [2.75, 3.05) is 25.9 Å². The van der Waals surface area contributed by atoms with E-state index in [1.165, 1.54) is 28.6 Å². The topological polar surface area (TPSA) is 83.6 Å². The van der Waals surface area contributed by atoms with Crippen LogP contribution in [0.1, 0.15) is 19.8 Å². The quantitative estimate of drug-likeness (QED) is 0.801. The zero-order chi connectivity index (χ0) is 16.4. The predicted molar refractivity (Wildman–Crippen MR) is 92.3 cm³/mol. The van der Waals surface area contributed by atoms with Crippen LogP contribution in [-0.4, -0.2) is 53.1 Å². The molecule has 23 heavy (non-hydrogen) atoms. The Labute approximate surface area is 144 Å². The van der Waals surface area contributed by atoms with Crippen molar-refractivity contribution in [3.63, 3.8) is 0 Å². The van der Waals surface area contributed by atoms with Crippen LogP contribution in [0.15, 0.2) is 34.1 Å². The summed E-state index contributed by atoms with van der Waals surface area (Å²) < 4.78 is 50.1. The summed E-state index contributed by atoms with van der Waals surface area (Å²) in [5.41, 5.74) is 0. The van der Waals surface area contributed by atoms with Crippen LogP contribution in [0.25, 0.3) is 0 Å². The smallest absolute Gasteiger partial charge is 0.243 e. The lowest BCUT2D eigenvalue weighted by molar-refractivity contribution is 0.335. The number of benzene rings is 1. The van der Waals surface area contributed by atoms with Crippen LogP contribution in [0.2, 0.25) is 0 Å². The number of halogens is 1. The molecule has 2 rings (SSSR count). The SMILES string of the molecule is CCCN(C1CCNC1)S(=O)(=O)c1ccc(S(C)(=O)=O)cc1.Cl. The molecule has 0 spiro atoms. The fourth-order valence-corrected chi connectivity index (χ4v) is 4.98. The van der Waals surface area contributed by atoms with Crippen molar-refractivity contribution in [3.05, 3.63) is 24.3 Å². The molecule has 0 aromatic heterocycles. The molecule has 6 nitrogen and oxygen atoms in total. The van der Waals surface area contributed by atoms with Gasteiger partial charge in [0.1, 0.15) is 0 Å². The van der Waals surface area contributed by atoms with Gasteiger partial charge in [-0.25, -0.2) is 16.8 Å². The maximum atomic E-state index is 12.8. The molecule has 1 aliphatic heterocycles. The summed E-state index contributed by atoms with van der Waals surface area (Å²) in [5, 5.41) is 3.18. The van der Waals surface area contributed by atoms with Crippen LogP contribution < -0.4 is 5.32 Å². The van der Waals surface area contributed by atoms with Crippen molar-refractivity contribution in [2.24, 2.45) is 0 Å². The van der Waals surface area contributed by atoms with Gasteiger partial charge in [0.2, 0.25) is 10.0 Å². The van der Waals surface area contributed by atoms with Crippen LogP contribution >= 0.6 is 12.4 Å². The van der Waals surface area contributed by atoms with E-state index in [0.29, 0.717) is 13.1 Å². The lowest BCUT2D eigenvalue weighted by Gasteiger charge is -2.27. The average molecular weight is 383 g/mol. The third kappa shape index (κ3) is 4.67. The monoisotopic (exact) mass is 382 g/mol. The van der Waals surface area contributed by atoms with Gasteiger partial charge in [0.15, 0.2) is 9.84 Å². The van der Waals surface area contributed by atoms with Gasteiger partial charge in [-0.3, -0.25) is 0 Å². The van der Waals surface area contributed by atoms with Gasteiger partial charge in [-0.15, -0.1) is 12.4 Å². The van der Waals surface area contributed by atoms with E-state index in [9.17, 15) is 16.8 Å². The number of nitrogens with one attached hydrogen (secondary N) is 1. The number of hydrogen-bond acceptors (Lipinski definition) is 5. The molecule has 9 heteroatoms. The van der Waals surface area contributed by atoms with Gasteiger partial charge < -0.3 is 5.32 Å². The Bertz CT molecular complexity index is 712. The average Bonchev–Trinajstić information content (AvgIpc) is 2.97. The Balaban J connectivity index is 0.00000264. The maximum Gasteiger partial charge on any atom is 0.243 e. The van der Waals surface area contributed by atoms with Gasteiger partial charge in [-0.2, -0.15) is 4.31 Å². The Morgan fingerprint density at radius 3 is 2.13 bits per heavy atom. The molecule has 0 amide bonds. The van der Waals surface area contributed by atoms with Crippen molar-refractivity contribution in [1.82, 2.24) is 9.62 Å². The molecule has 1 saturated heterocycles. The standard InChI is InChI=1S/C14H22N2O4S2.ClH/c1-3-10-16(12-8-9-15-11-12)22(19,20)14-6-4-13(5-7-14)21(2,17)18;/h4-7,12,15H,3,8-11H2,1-2H3;1H. The van der Waals surface area contributed by atoms with Crippen molar-refractivity contribution in [1.29, 1.82) is 0 Å². The fraction of sp³-hybridized carbons (Fsp3) is 0.571. The van der Waals surface area contributed by atoms with E-state index in [1.54, 1.807) is 0 Å². The van der Waals surface area contributed by atoms with E-state index in [2.05, 4.69) is 5.32 Å². The minimum Gasteiger partial charge on any atom is -0.315 e. The highest BCUT2D eigenvalue weighted by molar-refractivity contribution is 7.90. The molecule has 1 heterocycles. The Hall–Kier alpha value is -0.670. The van der Waals surface area contributed by atoms with Gasteiger partial charge >= 0.3 is 0 Å². The van der Waals surface area contributed by atoms with E-state index >= 15 is 0 Å². The molecule has 0 bridgehead atoms. The molecular formula is C14H23ClN2O4S2. The van der Waals surface area contributed by atoms with Crippen molar-refractivity contribution < 1.29 is 16.8 Å². The normalized spacial score (nSPS) is 18.8. The van der Waals surface area contributed by atoms with Crippen molar-refractivity contribution in [3.8, 4) is 0 Å². The third-order valence-corrected chi connectivity index (χ3v) is 6.84. The van der Waals surface area contributed by atoms with Crippen LogP contribution in [0.3, 0.4) is 0 Å². The molecule has 1 unspecified atom stereocenters. The summed E-state index contributed by atoms with van der Waals surface area (Å²) in [7, 11) is -6.94. The lowest BCUT2D eigenvalue weighted by Crippen LogP contribution is -2.41. The summed E-state index contributed by atoms with van der Waals surface area (Å²) in [5.74, 6) is 0. The lowest BCUT2D eigenvalue weighted by atomic mass is 10.2. The van der Waals surface area contributed by atoms with Gasteiger partial charge in [0, 0.05) is 25.4 Å². The van der Waals surface area contributed by atoms with E-state index in [0.717, 1.165) is 25.6 Å². The van der Waals surface area contributed by atoms with E-state index < -0.39 is 19.9 Å². The number of hydrogen-bond donors (Lipinski definition) is 1. The third-order valence-electron chi connectivity index (χ3n) is 3.74. The Morgan fingerprint density at radius 1 is 1.13 bits per heavy atom. The second-order valence-electron chi connectivity index (χ2n) is 5.51. The zero-order valence-corrected chi connectivity index (χ0v) is 15.7. The molecule has 1 aromatic carbocycles. The maximum absolute atomic E-state index is 12.8. The second-order valence-corrected chi connectivity index (χ2v) is 9.41. The second kappa shape index (κ2) is 7.94. The highest BCUT2D eigenvalue weighted by atomic mass is 35.5. The van der Waals surface area contributed by atoms with Crippen molar-refractivity contribution >= 4 is 32.3 Å². The minimum absolute atomic E-state index is 0. The van der Waals surface area contributed by atoms with Crippen LogP contribution in [0, 0.1) is 0 Å². The van der Waals surface area contributed by atoms with Crippen LogP contribution in [0.5, 0.6) is 0 Å². The first kappa shape index (κ1) is 20.4. The molecule has 1 aromatic rings. The van der Waals surface area contributed by atoms with Gasteiger partial charge in [0.05, 0.1) is 9.79 Å². The molecule has 0 saturated carbocycles. The van der Waals surface area contributed by atoms with E-state index in [4.69, 9.17) is 0 Å². The van der Waals surface area contributed by atoms with E-state index in [-0.39, 0.29) is 28.2 Å². The Morgan fingerprint density at radius 2 is 1.70 bits per heavy atom. The molecule has 132 valence electrons. The van der Waals surface area contributed by atoms with Gasteiger partial charge in [0.25, 0.3) is 0 Å². The first-order valence-electron chi connectivity index (χ1n) is 7.29. The predicted octanol–water partition coefficient (Wildman–Crippen LogP) is 1.27. The van der Waals surface area contributed by atoms with Crippen LogP contribution in [0.4, 0.5) is 0 Å². The largest absolute Gasteiger partial charge is 0.315 e. The summed E-state index contributed by atoms with van der Waals surface area (Å²) >= 11 is 0. The molecule has 0 aliphatic carbocycles. The highest BCUT2D eigenvalue weighted by Gasteiger charge is 2.32. The summed E-state index contributed by atoms with van der Waals surface area (Å²) in [6.45, 7) is 3.87. The number of rotatable bonds is 6. The number of sulfone groups is 1. The number of sulfonamides is 1. The molecule has 1 fully saturated rings. The first-order chi connectivity index (χ1) is 10.3. The molecule has 1 N–H and O–H groups in total. The fourth-order valence-electron chi connectivity index (χ4n) is 2.60. The van der Waals surface area contributed by atoms with Gasteiger partial charge in [-0.1, -0.05) is 6.92 Å². The summed E-state index contributed by atoms with van der Waals surface area (Å²) in [6, 6.07) is 5.39. The van der Waals surface area contributed by atoms with E-state index in [1.807, 2.05) is 6.92 Å². The minimum atomic E-state index is -3.61. The molecule has 1 aliphatic rings. The summed E-state index contributed by atoms with van der Waals surface area (Å²) in [4.78, 5) is 0.260. The Kier molecular flexibility index (Phi) is 7.03. The summed E-state index contributed by atoms with van der Waals surface area (Å²) in [6.07, 6.45) is 2.63. The van der Waals surface area contributed by atoms with Crippen molar-refractivity contribution in [2.45, 2.75) is 35.6 Å². The molecule has 0 radical (unpaired) electrons. The molecule has 1 atom stereocenters. The first-order valence-corrected chi connectivity index (χ1v) is 10.6.